The number of para-hydroxylation sites is 1. The number of aromatic nitrogens is 1. The summed E-state index contributed by atoms with van der Waals surface area (Å²) in [6.45, 7) is 7.84. The minimum atomic E-state index is -0.846. The third-order valence-electron chi connectivity index (χ3n) is 5.49. The lowest BCUT2D eigenvalue weighted by atomic mass is 9.96. The topological polar surface area (TPSA) is 113 Å². The van der Waals surface area contributed by atoms with Crippen LogP contribution in [0, 0.1) is 0 Å². The highest BCUT2D eigenvalue weighted by Crippen LogP contribution is 2.31. The Morgan fingerprint density at radius 1 is 1.05 bits per heavy atom. The lowest BCUT2D eigenvalue weighted by Crippen LogP contribution is -2.39. The molecular formula is C28H24N2O7S. The highest BCUT2D eigenvalue weighted by molar-refractivity contribution is 7.07. The molecule has 1 aliphatic rings. The number of nitrogens with zero attached hydrogens (tertiary/aromatic N) is 2. The van der Waals surface area contributed by atoms with E-state index in [-0.39, 0.29) is 17.7 Å². The smallest absolute Gasteiger partial charge is 0.338 e. The van der Waals surface area contributed by atoms with Crippen LogP contribution >= 0.6 is 11.3 Å². The first-order valence-electron chi connectivity index (χ1n) is 11.6. The van der Waals surface area contributed by atoms with Crippen LogP contribution in [0.3, 0.4) is 0 Å². The second kappa shape index (κ2) is 11.2. The molecule has 2 heterocycles. The molecule has 2 aromatic carbocycles. The van der Waals surface area contributed by atoms with Crippen molar-refractivity contribution in [3.8, 4) is 11.5 Å². The Kier molecular flexibility index (Phi) is 7.82. The van der Waals surface area contributed by atoms with Crippen molar-refractivity contribution in [2.75, 3.05) is 6.61 Å². The van der Waals surface area contributed by atoms with Gasteiger partial charge in [-0.1, -0.05) is 54.3 Å². The van der Waals surface area contributed by atoms with E-state index in [1.165, 1.54) is 24.5 Å². The van der Waals surface area contributed by atoms with Gasteiger partial charge in [-0.2, -0.15) is 0 Å². The highest BCUT2D eigenvalue weighted by atomic mass is 32.1. The van der Waals surface area contributed by atoms with Crippen LogP contribution in [-0.2, 0) is 19.1 Å². The lowest BCUT2D eigenvalue weighted by molar-refractivity contribution is -0.138. The zero-order valence-electron chi connectivity index (χ0n) is 20.9. The molecular weight excluding hydrogens is 508 g/mol. The average Bonchev–Trinajstić information content (AvgIpc) is 3.17. The minimum absolute atomic E-state index is 0.00885. The maximum Gasteiger partial charge on any atom is 0.338 e. The van der Waals surface area contributed by atoms with E-state index in [0.717, 1.165) is 11.3 Å². The fraction of sp³-hybridized carbons (Fsp3) is 0.179. The van der Waals surface area contributed by atoms with Crippen molar-refractivity contribution in [1.29, 1.82) is 0 Å². The Hall–Kier alpha value is -4.57. The van der Waals surface area contributed by atoms with E-state index in [9.17, 15) is 19.2 Å². The van der Waals surface area contributed by atoms with Crippen LogP contribution in [0.25, 0.3) is 6.08 Å². The van der Waals surface area contributed by atoms with Crippen LogP contribution in [0.5, 0.6) is 11.5 Å². The van der Waals surface area contributed by atoms with Gasteiger partial charge in [-0.3, -0.25) is 19.0 Å². The van der Waals surface area contributed by atoms with Crippen molar-refractivity contribution >= 4 is 35.3 Å². The lowest BCUT2D eigenvalue weighted by Gasteiger charge is -2.24. The number of benzene rings is 2. The van der Waals surface area contributed by atoms with Gasteiger partial charge >= 0.3 is 17.9 Å². The van der Waals surface area contributed by atoms with Crippen molar-refractivity contribution in [2.24, 2.45) is 4.99 Å². The standard InChI is InChI=1S/C28H24N2O7S/c1-5-14-35-27(34)24-16(2)29-28-30(25(24)19-10-12-21(13-11-19)36-17(3)31)26(33)23(38-28)15-20-8-6-7-9-22(20)37-18(4)32/h5-13,15,25H,1,14H2,2-4H3/b23-15-. The van der Waals surface area contributed by atoms with Crippen LogP contribution in [0.2, 0.25) is 0 Å². The van der Waals surface area contributed by atoms with Crippen molar-refractivity contribution in [2.45, 2.75) is 26.8 Å². The summed E-state index contributed by atoms with van der Waals surface area (Å²) in [5.41, 5.74) is 1.35. The number of hydrogen-bond donors (Lipinski definition) is 0. The summed E-state index contributed by atoms with van der Waals surface area (Å²) in [6.07, 6.45) is 3.07. The number of fused-ring (bicyclic) bond motifs is 1. The molecule has 1 aromatic heterocycles. The van der Waals surface area contributed by atoms with Gasteiger partial charge in [-0.15, -0.1) is 0 Å². The van der Waals surface area contributed by atoms with E-state index in [0.29, 0.717) is 37.7 Å². The minimum Gasteiger partial charge on any atom is -0.458 e. The Morgan fingerprint density at radius 2 is 1.74 bits per heavy atom. The van der Waals surface area contributed by atoms with E-state index >= 15 is 0 Å². The number of hydrogen-bond acceptors (Lipinski definition) is 9. The molecule has 38 heavy (non-hydrogen) atoms. The summed E-state index contributed by atoms with van der Waals surface area (Å²) in [7, 11) is 0. The first kappa shape index (κ1) is 26.5. The molecule has 0 fully saturated rings. The molecule has 1 aliphatic heterocycles. The molecule has 0 bridgehead atoms. The number of esters is 3. The summed E-state index contributed by atoms with van der Waals surface area (Å²) in [4.78, 5) is 54.7. The number of rotatable bonds is 7. The highest BCUT2D eigenvalue weighted by Gasteiger charge is 2.33. The number of thiazole rings is 1. The fourth-order valence-corrected chi connectivity index (χ4v) is 5.02. The third-order valence-corrected chi connectivity index (χ3v) is 6.47. The molecule has 9 nitrogen and oxygen atoms in total. The maximum atomic E-state index is 13.8. The van der Waals surface area contributed by atoms with Crippen LogP contribution in [0.4, 0.5) is 0 Å². The zero-order valence-corrected chi connectivity index (χ0v) is 21.7. The van der Waals surface area contributed by atoms with Crippen LogP contribution in [0.1, 0.15) is 37.9 Å². The zero-order chi connectivity index (χ0) is 27.4. The second-order valence-electron chi connectivity index (χ2n) is 8.26. The quantitative estimate of drug-likeness (QED) is 0.261. The summed E-state index contributed by atoms with van der Waals surface area (Å²) >= 11 is 1.15. The van der Waals surface area contributed by atoms with E-state index in [2.05, 4.69) is 11.6 Å². The van der Waals surface area contributed by atoms with Crippen LogP contribution in [0.15, 0.2) is 82.2 Å². The Labute approximate surface area is 221 Å². The largest absolute Gasteiger partial charge is 0.458 e. The Morgan fingerprint density at radius 3 is 2.39 bits per heavy atom. The molecule has 1 unspecified atom stereocenters. The number of allylic oxidation sites excluding steroid dienone is 1. The van der Waals surface area contributed by atoms with Gasteiger partial charge in [0.05, 0.1) is 21.8 Å². The molecule has 0 spiro atoms. The molecule has 0 aliphatic carbocycles. The molecule has 0 saturated heterocycles. The van der Waals surface area contributed by atoms with E-state index in [1.807, 2.05) is 0 Å². The molecule has 0 N–H and O–H groups in total. The average molecular weight is 533 g/mol. The normalized spacial score (nSPS) is 14.8. The van der Waals surface area contributed by atoms with Gasteiger partial charge in [0.2, 0.25) is 0 Å². The molecule has 0 saturated carbocycles. The molecule has 0 radical (unpaired) electrons. The molecule has 10 heteroatoms. The van der Waals surface area contributed by atoms with E-state index in [1.54, 1.807) is 61.5 Å². The summed E-state index contributed by atoms with van der Waals surface area (Å²) in [5.74, 6) is -0.942. The summed E-state index contributed by atoms with van der Waals surface area (Å²) in [6, 6.07) is 12.5. The van der Waals surface area contributed by atoms with Crippen molar-refractivity contribution < 1.29 is 28.6 Å². The Bertz CT molecular complexity index is 1650. The van der Waals surface area contributed by atoms with Gasteiger partial charge in [0.15, 0.2) is 4.80 Å². The van der Waals surface area contributed by atoms with Crippen LogP contribution < -0.4 is 24.4 Å². The first-order chi connectivity index (χ1) is 18.2. The van der Waals surface area contributed by atoms with E-state index in [4.69, 9.17) is 14.2 Å². The summed E-state index contributed by atoms with van der Waals surface area (Å²) < 4.78 is 17.5. The van der Waals surface area contributed by atoms with Crippen LogP contribution in [-0.4, -0.2) is 29.1 Å². The number of carbonyl (C=O) groups is 3. The fourth-order valence-electron chi connectivity index (χ4n) is 3.98. The van der Waals surface area contributed by atoms with E-state index < -0.39 is 23.9 Å². The van der Waals surface area contributed by atoms with Gasteiger partial charge in [-0.05, 0) is 36.8 Å². The van der Waals surface area contributed by atoms with Crippen molar-refractivity contribution in [1.82, 2.24) is 4.57 Å². The SMILES string of the molecule is C=CCOC(=O)C1=C(C)N=c2s/c(=C\c3ccccc3OC(C)=O)c(=O)n2C1c1ccc(OC(C)=O)cc1. The van der Waals surface area contributed by atoms with Gasteiger partial charge in [0.1, 0.15) is 18.1 Å². The van der Waals surface area contributed by atoms with Gasteiger partial charge in [-0.25, -0.2) is 9.79 Å². The molecule has 194 valence electrons. The number of carbonyl (C=O) groups excluding carboxylic acids is 3. The van der Waals surface area contributed by atoms with Crippen molar-refractivity contribution in [3.63, 3.8) is 0 Å². The summed E-state index contributed by atoms with van der Waals surface area (Å²) in [5, 5.41) is 0. The monoisotopic (exact) mass is 532 g/mol. The van der Waals surface area contributed by atoms with Gasteiger partial charge in [0, 0.05) is 19.4 Å². The van der Waals surface area contributed by atoms with Gasteiger partial charge < -0.3 is 14.2 Å². The second-order valence-corrected chi connectivity index (χ2v) is 9.27. The maximum absolute atomic E-state index is 13.8. The van der Waals surface area contributed by atoms with Crippen molar-refractivity contribution in [3.05, 3.63) is 103 Å². The first-order valence-corrected chi connectivity index (χ1v) is 12.4. The van der Waals surface area contributed by atoms with Gasteiger partial charge in [0.25, 0.3) is 5.56 Å². The number of ether oxygens (including phenoxy) is 3. The third kappa shape index (κ3) is 5.55. The molecule has 0 amide bonds. The predicted molar refractivity (Wildman–Crippen MR) is 140 cm³/mol. The Balaban J connectivity index is 1.90. The predicted octanol–water partition coefficient (Wildman–Crippen LogP) is 2.82. The molecule has 1 atom stereocenters. The molecule has 4 rings (SSSR count). The molecule has 3 aromatic rings.